The third kappa shape index (κ3) is 2.70. The summed E-state index contributed by atoms with van der Waals surface area (Å²) in [6.07, 6.45) is 0. The van der Waals surface area contributed by atoms with Crippen LogP contribution >= 0.6 is 23.2 Å². The molecule has 3 nitrogen and oxygen atoms in total. The summed E-state index contributed by atoms with van der Waals surface area (Å²) >= 11 is 12.6. The summed E-state index contributed by atoms with van der Waals surface area (Å²) in [6, 6.07) is 5.45. The Morgan fingerprint density at radius 1 is 1.10 bits per heavy atom. The van der Waals surface area contributed by atoms with Gasteiger partial charge in [0.15, 0.2) is 0 Å². The van der Waals surface area contributed by atoms with Gasteiger partial charge in [-0.3, -0.25) is 0 Å². The Labute approximate surface area is 129 Å². The lowest BCUT2D eigenvalue weighted by molar-refractivity contribution is 0.534. The van der Waals surface area contributed by atoms with E-state index >= 15 is 0 Å². The highest BCUT2D eigenvalue weighted by Gasteiger charge is 2.28. The fraction of sp³-hybridized carbons (Fsp3) is 0.467. The molecule has 2 rings (SSSR count). The predicted octanol–water partition coefficient (Wildman–Crippen LogP) is 5.00. The maximum atomic E-state index is 6.30. The molecule has 0 unspecified atom stereocenters. The van der Waals surface area contributed by atoms with Crippen molar-refractivity contribution in [3.8, 4) is 5.69 Å². The lowest BCUT2D eigenvalue weighted by atomic mass is 9.87. The normalized spacial score (nSPS) is 12.2. The van der Waals surface area contributed by atoms with Crippen LogP contribution in [0.5, 0.6) is 0 Å². The molecule has 0 aliphatic carbocycles. The van der Waals surface area contributed by atoms with Gasteiger partial charge in [-0.1, -0.05) is 69.1 Å². The van der Waals surface area contributed by atoms with Crippen molar-refractivity contribution >= 4 is 23.2 Å². The molecule has 0 saturated carbocycles. The average molecular weight is 312 g/mol. The standard InChI is InChI=1S/C15H19Cl2N3/c1-9(2)12-14(15(3,4)5)20(19-18-12)13-10(16)7-6-8-11(13)17/h6-9H,1-5H3. The molecule has 2 aromatic rings. The maximum Gasteiger partial charge on any atom is 0.104 e. The lowest BCUT2D eigenvalue weighted by Crippen LogP contribution is -2.20. The largest absolute Gasteiger partial charge is 0.214 e. The molecule has 0 amide bonds. The summed E-state index contributed by atoms with van der Waals surface area (Å²) in [4.78, 5) is 0. The summed E-state index contributed by atoms with van der Waals surface area (Å²) < 4.78 is 1.78. The SMILES string of the molecule is CC(C)c1nnn(-c2c(Cl)cccc2Cl)c1C(C)(C)C. The summed E-state index contributed by atoms with van der Waals surface area (Å²) in [5.41, 5.74) is 2.61. The molecule has 0 radical (unpaired) electrons. The van der Waals surface area contributed by atoms with Crippen molar-refractivity contribution in [1.82, 2.24) is 15.0 Å². The zero-order valence-electron chi connectivity index (χ0n) is 12.4. The molecule has 0 N–H and O–H groups in total. The van der Waals surface area contributed by atoms with E-state index in [9.17, 15) is 0 Å². The second-order valence-electron chi connectivity index (χ2n) is 6.21. The first kappa shape index (κ1) is 15.3. The van der Waals surface area contributed by atoms with Crippen molar-refractivity contribution in [2.75, 3.05) is 0 Å². The minimum atomic E-state index is -0.106. The van der Waals surface area contributed by atoms with Crippen LogP contribution in [-0.4, -0.2) is 15.0 Å². The molecular weight excluding hydrogens is 293 g/mol. The molecule has 0 saturated heterocycles. The molecule has 20 heavy (non-hydrogen) atoms. The highest BCUT2D eigenvalue weighted by atomic mass is 35.5. The monoisotopic (exact) mass is 311 g/mol. The zero-order chi connectivity index (χ0) is 15.1. The van der Waals surface area contributed by atoms with Gasteiger partial charge in [0, 0.05) is 5.41 Å². The van der Waals surface area contributed by atoms with Crippen LogP contribution in [0, 0.1) is 0 Å². The van der Waals surface area contributed by atoms with Gasteiger partial charge in [0.1, 0.15) is 5.69 Å². The van der Waals surface area contributed by atoms with Gasteiger partial charge in [0.05, 0.1) is 21.4 Å². The molecule has 0 fully saturated rings. The number of hydrogen-bond acceptors (Lipinski definition) is 2. The number of halogens is 2. The number of aromatic nitrogens is 3. The molecule has 0 atom stereocenters. The molecule has 1 heterocycles. The van der Waals surface area contributed by atoms with Crippen molar-refractivity contribution < 1.29 is 0 Å². The van der Waals surface area contributed by atoms with Gasteiger partial charge in [0.2, 0.25) is 0 Å². The molecule has 1 aromatic heterocycles. The van der Waals surface area contributed by atoms with E-state index in [1.54, 1.807) is 4.68 Å². The molecular formula is C15H19Cl2N3. The second kappa shape index (κ2) is 5.38. The number of para-hydroxylation sites is 1. The van der Waals surface area contributed by atoms with E-state index in [0.717, 1.165) is 11.4 Å². The average Bonchev–Trinajstić information content (AvgIpc) is 2.73. The van der Waals surface area contributed by atoms with E-state index in [1.165, 1.54) is 0 Å². The van der Waals surface area contributed by atoms with Crippen LogP contribution in [-0.2, 0) is 5.41 Å². The molecule has 108 valence electrons. The van der Waals surface area contributed by atoms with Gasteiger partial charge in [0.25, 0.3) is 0 Å². The number of benzene rings is 1. The fourth-order valence-corrected chi connectivity index (χ4v) is 2.79. The third-order valence-corrected chi connectivity index (χ3v) is 3.71. The Morgan fingerprint density at radius 3 is 2.10 bits per heavy atom. The second-order valence-corrected chi connectivity index (χ2v) is 7.02. The van der Waals surface area contributed by atoms with Gasteiger partial charge < -0.3 is 0 Å². The smallest absolute Gasteiger partial charge is 0.104 e. The van der Waals surface area contributed by atoms with Crippen molar-refractivity contribution in [2.45, 2.75) is 46.0 Å². The first-order valence-corrected chi connectivity index (χ1v) is 7.39. The Balaban J connectivity index is 2.76. The van der Waals surface area contributed by atoms with E-state index in [1.807, 2.05) is 18.2 Å². The molecule has 0 spiro atoms. The fourth-order valence-electron chi connectivity index (χ4n) is 2.23. The Hall–Kier alpha value is -1.06. The maximum absolute atomic E-state index is 6.30. The first-order valence-electron chi connectivity index (χ1n) is 6.64. The van der Waals surface area contributed by atoms with E-state index < -0.39 is 0 Å². The Bertz CT molecular complexity index is 604. The summed E-state index contributed by atoms with van der Waals surface area (Å²) in [7, 11) is 0. The van der Waals surface area contributed by atoms with Crippen molar-refractivity contribution in [3.63, 3.8) is 0 Å². The molecule has 0 aliphatic heterocycles. The number of rotatable bonds is 2. The van der Waals surface area contributed by atoms with Gasteiger partial charge >= 0.3 is 0 Å². The predicted molar refractivity (Wildman–Crippen MR) is 84.2 cm³/mol. The molecule has 0 aliphatic rings. The number of nitrogens with zero attached hydrogens (tertiary/aromatic N) is 3. The first-order chi connectivity index (χ1) is 9.23. The molecule has 1 aromatic carbocycles. The topological polar surface area (TPSA) is 30.7 Å². The quantitative estimate of drug-likeness (QED) is 0.781. The van der Waals surface area contributed by atoms with Crippen LogP contribution in [0.3, 0.4) is 0 Å². The third-order valence-electron chi connectivity index (χ3n) is 3.10. The number of hydrogen-bond donors (Lipinski definition) is 0. The van der Waals surface area contributed by atoms with E-state index in [0.29, 0.717) is 21.7 Å². The van der Waals surface area contributed by atoms with Gasteiger partial charge in [-0.05, 0) is 18.1 Å². The zero-order valence-corrected chi connectivity index (χ0v) is 13.9. The van der Waals surface area contributed by atoms with Crippen LogP contribution in [0.15, 0.2) is 18.2 Å². The summed E-state index contributed by atoms with van der Waals surface area (Å²) in [5, 5.41) is 9.77. The van der Waals surface area contributed by atoms with E-state index in [4.69, 9.17) is 23.2 Å². The highest BCUT2D eigenvalue weighted by molar-refractivity contribution is 6.37. The van der Waals surface area contributed by atoms with E-state index in [2.05, 4.69) is 44.9 Å². The summed E-state index contributed by atoms with van der Waals surface area (Å²) in [5.74, 6) is 0.291. The van der Waals surface area contributed by atoms with Crippen LogP contribution < -0.4 is 0 Å². The van der Waals surface area contributed by atoms with Crippen molar-refractivity contribution in [3.05, 3.63) is 39.6 Å². The van der Waals surface area contributed by atoms with Crippen molar-refractivity contribution in [1.29, 1.82) is 0 Å². The Morgan fingerprint density at radius 2 is 1.65 bits per heavy atom. The van der Waals surface area contributed by atoms with Gasteiger partial charge in [-0.15, -0.1) is 5.10 Å². The van der Waals surface area contributed by atoms with Crippen molar-refractivity contribution in [2.24, 2.45) is 0 Å². The lowest BCUT2D eigenvalue weighted by Gasteiger charge is -2.23. The minimum absolute atomic E-state index is 0.106. The molecule has 5 heteroatoms. The van der Waals surface area contributed by atoms with Gasteiger partial charge in [-0.2, -0.15) is 0 Å². The summed E-state index contributed by atoms with van der Waals surface area (Å²) in [6.45, 7) is 10.6. The minimum Gasteiger partial charge on any atom is -0.214 e. The van der Waals surface area contributed by atoms with Crippen LogP contribution in [0.25, 0.3) is 5.69 Å². The van der Waals surface area contributed by atoms with Gasteiger partial charge in [-0.25, -0.2) is 4.68 Å². The van der Waals surface area contributed by atoms with Crippen LogP contribution in [0.4, 0.5) is 0 Å². The highest BCUT2D eigenvalue weighted by Crippen LogP contribution is 2.35. The molecule has 0 bridgehead atoms. The Kier molecular flexibility index (Phi) is 4.12. The van der Waals surface area contributed by atoms with E-state index in [-0.39, 0.29) is 5.41 Å². The van der Waals surface area contributed by atoms with Crippen LogP contribution in [0.2, 0.25) is 10.0 Å². The van der Waals surface area contributed by atoms with Crippen LogP contribution in [0.1, 0.15) is 51.9 Å².